The van der Waals surface area contributed by atoms with Crippen LogP contribution in [0.1, 0.15) is 22.3 Å². The Labute approximate surface area is 211 Å². The largest absolute Gasteiger partial charge is 0.492 e. The van der Waals surface area contributed by atoms with Crippen LogP contribution >= 0.6 is 0 Å². The van der Waals surface area contributed by atoms with Crippen molar-refractivity contribution in [1.82, 2.24) is 4.90 Å². The number of ether oxygens (including phenoxy) is 4. The highest BCUT2D eigenvalue weighted by atomic mass is 16.5. The van der Waals surface area contributed by atoms with Crippen LogP contribution in [0.2, 0.25) is 0 Å². The zero-order valence-electron chi connectivity index (χ0n) is 20.8. The summed E-state index contributed by atoms with van der Waals surface area (Å²) in [4.78, 5) is 16.5. The molecule has 7 nitrogen and oxygen atoms in total. The van der Waals surface area contributed by atoms with Crippen molar-refractivity contribution in [2.45, 2.75) is 44.7 Å². The number of carbonyl (C=O) groups is 1. The molecule has 186 valence electrons. The highest BCUT2D eigenvalue weighted by molar-refractivity contribution is 5.82. The second-order valence-corrected chi connectivity index (χ2v) is 9.55. The Morgan fingerprint density at radius 3 is 2.06 bits per heavy atom. The Bertz CT molecular complexity index is 1280. The van der Waals surface area contributed by atoms with E-state index in [-0.39, 0.29) is 24.2 Å². The Morgan fingerprint density at radius 2 is 1.47 bits per heavy atom. The van der Waals surface area contributed by atoms with Crippen molar-refractivity contribution in [3.05, 3.63) is 82.9 Å². The van der Waals surface area contributed by atoms with E-state index in [2.05, 4.69) is 29.2 Å². The van der Waals surface area contributed by atoms with Gasteiger partial charge in [0.2, 0.25) is 0 Å². The molecule has 3 aromatic rings. The monoisotopic (exact) mass is 486 g/mol. The lowest BCUT2D eigenvalue weighted by atomic mass is 10.0. The lowest BCUT2D eigenvalue weighted by Crippen LogP contribution is -2.37. The molecule has 2 saturated heterocycles. The van der Waals surface area contributed by atoms with Gasteiger partial charge in [0.25, 0.3) is 0 Å². The number of fused-ring (bicyclic) bond motifs is 5. The molecule has 1 unspecified atom stereocenters. The molecule has 0 aromatic heterocycles. The molecule has 0 bridgehead atoms. The SMILES string of the molecule is COC(=O)N1[C@@H]2C3Cc4c(OCc5ccccc5)c(OC)c(C)c(OCc5ccccc5)c4N3C[C@@H]21. The normalized spacial score (nSPS) is 20.9. The fraction of sp³-hybridized carbons (Fsp3) is 0.345. The molecule has 3 aromatic carbocycles. The summed E-state index contributed by atoms with van der Waals surface area (Å²) in [5.74, 6) is 2.29. The van der Waals surface area contributed by atoms with Gasteiger partial charge in [-0.3, -0.25) is 4.90 Å². The highest BCUT2D eigenvalue weighted by Gasteiger charge is 2.65. The van der Waals surface area contributed by atoms with E-state index >= 15 is 0 Å². The molecule has 0 aliphatic carbocycles. The molecule has 2 fully saturated rings. The van der Waals surface area contributed by atoms with Gasteiger partial charge < -0.3 is 23.8 Å². The van der Waals surface area contributed by atoms with E-state index in [4.69, 9.17) is 18.9 Å². The molecule has 6 rings (SSSR count). The number of nitrogens with zero attached hydrogens (tertiary/aromatic N) is 2. The van der Waals surface area contributed by atoms with E-state index in [1.807, 2.05) is 48.2 Å². The van der Waals surface area contributed by atoms with Crippen LogP contribution in [0, 0.1) is 6.92 Å². The van der Waals surface area contributed by atoms with E-state index in [0.717, 1.165) is 52.4 Å². The molecular formula is C29H30N2O5. The summed E-state index contributed by atoms with van der Waals surface area (Å²) in [6, 6.07) is 20.8. The standard InChI is InChI=1S/C29H30N2O5/c1-18-26(35-16-19-10-6-4-7-11-19)24-21(14-22-25-23(15-30(22)24)31(25)29(32)34-3)28(27(18)33-2)36-17-20-12-8-5-9-13-20/h4-13,22-23,25H,14-17H2,1-3H3/t22?,23-,25+,31?/m0/s1. The van der Waals surface area contributed by atoms with E-state index in [1.165, 1.54) is 7.11 Å². The van der Waals surface area contributed by atoms with Crippen molar-refractivity contribution >= 4 is 11.8 Å². The van der Waals surface area contributed by atoms with Gasteiger partial charge in [0.15, 0.2) is 11.5 Å². The molecule has 3 atom stereocenters. The Hall–Kier alpha value is -3.87. The van der Waals surface area contributed by atoms with E-state index in [9.17, 15) is 4.79 Å². The van der Waals surface area contributed by atoms with Crippen LogP contribution in [0.15, 0.2) is 60.7 Å². The van der Waals surface area contributed by atoms with Crippen LogP contribution in [0.5, 0.6) is 17.2 Å². The van der Waals surface area contributed by atoms with Gasteiger partial charge in [-0.1, -0.05) is 60.7 Å². The van der Waals surface area contributed by atoms with Crippen molar-refractivity contribution in [3.8, 4) is 17.2 Å². The first-order chi connectivity index (χ1) is 17.6. The third-order valence-electron chi connectivity index (χ3n) is 7.57. The van der Waals surface area contributed by atoms with E-state index in [0.29, 0.717) is 19.0 Å². The van der Waals surface area contributed by atoms with Gasteiger partial charge in [-0.25, -0.2) is 4.79 Å². The first kappa shape index (κ1) is 22.6. The van der Waals surface area contributed by atoms with Gasteiger partial charge in [0.1, 0.15) is 19.0 Å². The topological polar surface area (TPSA) is 60.2 Å². The molecule has 0 saturated carbocycles. The molecule has 3 aliphatic heterocycles. The maximum absolute atomic E-state index is 12.3. The number of piperazine rings is 1. The summed E-state index contributed by atoms with van der Waals surface area (Å²) >= 11 is 0. The van der Waals surface area contributed by atoms with Gasteiger partial charge >= 0.3 is 6.09 Å². The number of benzene rings is 3. The third-order valence-corrected chi connectivity index (χ3v) is 7.57. The van der Waals surface area contributed by atoms with Gasteiger partial charge in [-0.2, -0.15) is 0 Å². The molecule has 7 heteroatoms. The summed E-state index contributed by atoms with van der Waals surface area (Å²) in [6.07, 6.45) is 0.502. The van der Waals surface area contributed by atoms with Gasteiger partial charge in [0, 0.05) is 24.1 Å². The highest BCUT2D eigenvalue weighted by Crippen LogP contribution is 2.58. The van der Waals surface area contributed by atoms with Crippen LogP contribution < -0.4 is 19.1 Å². The molecule has 3 heterocycles. The minimum atomic E-state index is -0.254. The quantitative estimate of drug-likeness (QED) is 0.450. The second kappa shape index (κ2) is 8.97. The van der Waals surface area contributed by atoms with Crippen molar-refractivity contribution < 1.29 is 23.7 Å². The zero-order valence-corrected chi connectivity index (χ0v) is 20.8. The molecule has 36 heavy (non-hydrogen) atoms. The molecule has 1 amide bonds. The Balaban J connectivity index is 1.38. The van der Waals surface area contributed by atoms with Gasteiger partial charge in [-0.05, 0) is 18.1 Å². The summed E-state index contributed by atoms with van der Waals surface area (Å²) in [6.45, 7) is 3.68. The Morgan fingerprint density at radius 1 is 0.861 bits per heavy atom. The summed E-state index contributed by atoms with van der Waals surface area (Å²) in [5.41, 5.74) is 5.25. The summed E-state index contributed by atoms with van der Waals surface area (Å²) in [5, 5.41) is 0. The lowest BCUT2D eigenvalue weighted by molar-refractivity contribution is 0.148. The van der Waals surface area contributed by atoms with E-state index < -0.39 is 0 Å². The number of carbonyl (C=O) groups excluding carboxylic acids is 1. The minimum absolute atomic E-state index is 0.139. The van der Waals surface area contributed by atoms with E-state index in [1.54, 1.807) is 7.11 Å². The average Bonchev–Trinajstić information content (AvgIpc) is 3.31. The summed E-state index contributed by atoms with van der Waals surface area (Å²) in [7, 11) is 3.12. The molecular weight excluding hydrogens is 456 g/mol. The van der Waals surface area contributed by atoms with Crippen molar-refractivity contribution in [3.63, 3.8) is 0 Å². The van der Waals surface area contributed by atoms with Crippen LogP contribution in [0.4, 0.5) is 10.5 Å². The third kappa shape index (κ3) is 3.61. The van der Waals surface area contributed by atoms with Gasteiger partial charge in [0.05, 0.1) is 38.0 Å². The zero-order chi connectivity index (χ0) is 24.8. The number of anilines is 1. The number of rotatable bonds is 7. The predicted molar refractivity (Wildman–Crippen MR) is 136 cm³/mol. The number of hydrogen-bond donors (Lipinski definition) is 0. The lowest BCUT2D eigenvalue weighted by Gasteiger charge is -2.28. The maximum atomic E-state index is 12.3. The molecule has 0 radical (unpaired) electrons. The average molecular weight is 487 g/mol. The second-order valence-electron chi connectivity index (χ2n) is 9.55. The fourth-order valence-electron chi connectivity index (χ4n) is 5.88. The Kier molecular flexibility index (Phi) is 5.63. The smallest absolute Gasteiger partial charge is 0.410 e. The summed E-state index contributed by atoms with van der Waals surface area (Å²) < 4.78 is 23.9. The minimum Gasteiger partial charge on any atom is -0.492 e. The predicted octanol–water partition coefficient (Wildman–Crippen LogP) is 4.73. The van der Waals surface area contributed by atoms with Crippen LogP contribution in [-0.2, 0) is 24.4 Å². The molecule has 0 N–H and O–H groups in total. The van der Waals surface area contributed by atoms with Crippen molar-refractivity contribution in [1.29, 1.82) is 0 Å². The number of amides is 1. The first-order valence-electron chi connectivity index (χ1n) is 12.3. The van der Waals surface area contributed by atoms with Crippen LogP contribution in [-0.4, -0.2) is 49.9 Å². The van der Waals surface area contributed by atoms with Crippen molar-refractivity contribution in [2.75, 3.05) is 25.7 Å². The maximum Gasteiger partial charge on any atom is 0.410 e. The van der Waals surface area contributed by atoms with Crippen molar-refractivity contribution in [2.24, 2.45) is 0 Å². The molecule has 3 aliphatic rings. The number of methoxy groups -OCH3 is 2. The number of hydrogen-bond acceptors (Lipinski definition) is 6. The first-order valence-corrected chi connectivity index (χ1v) is 12.3. The van der Waals surface area contributed by atoms with Crippen LogP contribution in [0.3, 0.4) is 0 Å². The fourth-order valence-corrected chi connectivity index (χ4v) is 5.88. The van der Waals surface area contributed by atoms with Gasteiger partial charge in [-0.15, -0.1) is 0 Å². The van der Waals surface area contributed by atoms with Crippen LogP contribution in [0.25, 0.3) is 0 Å². The molecule has 0 spiro atoms.